The second-order valence-corrected chi connectivity index (χ2v) is 9.31. The van der Waals surface area contributed by atoms with E-state index in [-0.39, 0.29) is 28.1 Å². The minimum atomic E-state index is -3.83. The van der Waals surface area contributed by atoms with E-state index < -0.39 is 10.0 Å². The number of nitrogens with one attached hydrogen (secondary N) is 2. The van der Waals surface area contributed by atoms with Gasteiger partial charge in [0.25, 0.3) is 15.9 Å². The number of benzene rings is 3. The average molecular weight is 453 g/mol. The predicted molar refractivity (Wildman–Crippen MR) is 127 cm³/mol. The van der Waals surface area contributed by atoms with Crippen molar-refractivity contribution in [2.45, 2.75) is 38.1 Å². The summed E-state index contributed by atoms with van der Waals surface area (Å²) in [6.07, 6.45) is 0.675. The number of carbonyl (C=O) groups excluding carboxylic acids is 1. The van der Waals surface area contributed by atoms with Gasteiger partial charge in [0.05, 0.1) is 29.3 Å². The van der Waals surface area contributed by atoms with Gasteiger partial charge >= 0.3 is 0 Å². The standard InChI is InChI=1S/C25H28N2O4S/c1-5-22(19-12-15-24(31-4)18(3)16-19)26-25(28)21-8-6-7-9-23(21)27-32(29,30)20-13-10-17(2)11-14-20/h6-16,22,27H,5H2,1-4H3,(H,26,28). The lowest BCUT2D eigenvalue weighted by Gasteiger charge is -2.20. The van der Waals surface area contributed by atoms with Crippen molar-refractivity contribution in [3.05, 3.63) is 89.0 Å². The molecule has 0 aliphatic heterocycles. The normalized spacial score (nSPS) is 12.1. The number of anilines is 1. The lowest BCUT2D eigenvalue weighted by molar-refractivity contribution is 0.0936. The lowest BCUT2D eigenvalue weighted by Crippen LogP contribution is -2.29. The van der Waals surface area contributed by atoms with E-state index in [1.54, 1.807) is 55.6 Å². The molecular formula is C25H28N2O4S. The molecule has 3 rings (SSSR count). The first-order valence-corrected chi connectivity index (χ1v) is 11.9. The molecule has 1 amide bonds. The summed E-state index contributed by atoms with van der Waals surface area (Å²) in [6, 6.07) is 18.7. The maximum atomic E-state index is 13.1. The van der Waals surface area contributed by atoms with Gasteiger partial charge < -0.3 is 10.1 Å². The van der Waals surface area contributed by atoms with Gasteiger partial charge in [0.2, 0.25) is 0 Å². The van der Waals surface area contributed by atoms with Crippen LogP contribution in [0.4, 0.5) is 5.69 Å². The van der Waals surface area contributed by atoms with Crippen LogP contribution in [0.1, 0.15) is 46.4 Å². The van der Waals surface area contributed by atoms with Crippen molar-refractivity contribution >= 4 is 21.6 Å². The van der Waals surface area contributed by atoms with E-state index >= 15 is 0 Å². The number of para-hydroxylation sites is 1. The van der Waals surface area contributed by atoms with Gasteiger partial charge in [-0.15, -0.1) is 0 Å². The maximum Gasteiger partial charge on any atom is 0.261 e. The minimum absolute atomic E-state index is 0.137. The molecule has 0 aliphatic rings. The fourth-order valence-electron chi connectivity index (χ4n) is 3.47. The van der Waals surface area contributed by atoms with E-state index in [1.165, 1.54) is 0 Å². The summed E-state index contributed by atoms with van der Waals surface area (Å²) in [6.45, 7) is 5.82. The number of aryl methyl sites for hydroxylation is 2. The fraction of sp³-hybridized carbons (Fsp3) is 0.240. The number of amides is 1. The highest BCUT2D eigenvalue weighted by Crippen LogP contribution is 2.26. The molecule has 1 atom stereocenters. The summed E-state index contributed by atoms with van der Waals surface area (Å²) in [4.78, 5) is 13.3. The predicted octanol–water partition coefficient (Wildman–Crippen LogP) is 4.99. The summed E-state index contributed by atoms with van der Waals surface area (Å²) in [5.41, 5.74) is 3.38. The van der Waals surface area contributed by atoms with Crippen molar-refractivity contribution in [1.29, 1.82) is 0 Å². The van der Waals surface area contributed by atoms with Crippen molar-refractivity contribution in [1.82, 2.24) is 5.32 Å². The van der Waals surface area contributed by atoms with Crippen LogP contribution in [0, 0.1) is 13.8 Å². The Morgan fingerprint density at radius 1 is 1.00 bits per heavy atom. The van der Waals surface area contributed by atoms with Crippen LogP contribution >= 0.6 is 0 Å². The number of hydrogen-bond acceptors (Lipinski definition) is 4. The molecular weight excluding hydrogens is 424 g/mol. The van der Waals surface area contributed by atoms with Crippen molar-refractivity contribution in [3.8, 4) is 5.75 Å². The van der Waals surface area contributed by atoms with Gasteiger partial charge in [-0.25, -0.2) is 8.42 Å². The molecule has 0 spiro atoms. The molecule has 168 valence electrons. The second-order valence-electron chi connectivity index (χ2n) is 7.63. The van der Waals surface area contributed by atoms with E-state index in [0.29, 0.717) is 6.42 Å². The lowest BCUT2D eigenvalue weighted by atomic mass is 10.0. The Bertz CT molecular complexity index is 1200. The summed E-state index contributed by atoms with van der Waals surface area (Å²) in [5, 5.41) is 3.02. The van der Waals surface area contributed by atoms with Crippen LogP contribution in [0.3, 0.4) is 0 Å². The number of hydrogen-bond donors (Lipinski definition) is 2. The number of methoxy groups -OCH3 is 1. The highest BCUT2D eigenvalue weighted by Gasteiger charge is 2.21. The number of sulfonamides is 1. The topological polar surface area (TPSA) is 84.5 Å². The quantitative estimate of drug-likeness (QED) is 0.504. The van der Waals surface area contributed by atoms with Crippen LogP contribution in [0.5, 0.6) is 5.75 Å². The van der Waals surface area contributed by atoms with Crippen LogP contribution in [0.15, 0.2) is 71.6 Å². The minimum Gasteiger partial charge on any atom is -0.496 e. The summed E-state index contributed by atoms with van der Waals surface area (Å²) in [7, 11) is -2.21. The third-order valence-corrected chi connectivity index (χ3v) is 6.66. The molecule has 0 fully saturated rings. The summed E-state index contributed by atoms with van der Waals surface area (Å²) < 4.78 is 33.5. The Morgan fingerprint density at radius 2 is 1.69 bits per heavy atom. The van der Waals surface area contributed by atoms with Gasteiger partial charge in [0, 0.05) is 0 Å². The SMILES string of the molecule is CCC(NC(=O)c1ccccc1NS(=O)(=O)c1ccc(C)cc1)c1ccc(OC)c(C)c1. The molecule has 0 aliphatic carbocycles. The largest absolute Gasteiger partial charge is 0.496 e. The zero-order valence-electron chi connectivity index (χ0n) is 18.7. The molecule has 0 saturated carbocycles. The van der Waals surface area contributed by atoms with E-state index in [2.05, 4.69) is 10.0 Å². The van der Waals surface area contributed by atoms with E-state index in [4.69, 9.17) is 4.74 Å². The van der Waals surface area contributed by atoms with Crippen molar-refractivity contribution in [3.63, 3.8) is 0 Å². The molecule has 3 aromatic rings. The average Bonchev–Trinajstić information content (AvgIpc) is 2.77. The zero-order valence-corrected chi connectivity index (χ0v) is 19.5. The third-order valence-electron chi connectivity index (χ3n) is 5.28. The smallest absolute Gasteiger partial charge is 0.261 e. The Hall–Kier alpha value is -3.32. The van der Waals surface area contributed by atoms with Crippen molar-refractivity contribution in [2.75, 3.05) is 11.8 Å². The summed E-state index contributed by atoms with van der Waals surface area (Å²) in [5.74, 6) is 0.429. The van der Waals surface area contributed by atoms with Crippen LogP contribution in [0.2, 0.25) is 0 Å². The zero-order chi connectivity index (χ0) is 23.3. The number of carbonyl (C=O) groups is 1. The first kappa shape index (κ1) is 23.3. The third kappa shape index (κ3) is 5.29. The van der Waals surface area contributed by atoms with E-state index in [0.717, 1.165) is 22.4 Å². The van der Waals surface area contributed by atoms with Gasteiger partial charge in [-0.1, -0.05) is 48.9 Å². The van der Waals surface area contributed by atoms with Gasteiger partial charge in [0.15, 0.2) is 0 Å². The molecule has 3 aromatic carbocycles. The van der Waals surface area contributed by atoms with Gasteiger partial charge in [-0.05, 0) is 61.7 Å². The maximum absolute atomic E-state index is 13.1. The molecule has 0 radical (unpaired) electrons. The fourth-order valence-corrected chi connectivity index (χ4v) is 4.55. The second kappa shape index (κ2) is 9.87. The van der Waals surface area contributed by atoms with Gasteiger partial charge in [0.1, 0.15) is 5.75 Å². The molecule has 0 saturated heterocycles. The van der Waals surface area contributed by atoms with Crippen molar-refractivity contribution < 1.29 is 17.9 Å². The molecule has 2 N–H and O–H groups in total. The molecule has 6 nitrogen and oxygen atoms in total. The van der Waals surface area contributed by atoms with Crippen molar-refractivity contribution in [2.24, 2.45) is 0 Å². The Balaban J connectivity index is 1.84. The first-order chi connectivity index (χ1) is 15.2. The van der Waals surface area contributed by atoms with Gasteiger partial charge in [-0.3, -0.25) is 9.52 Å². The van der Waals surface area contributed by atoms with Crippen LogP contribution in [-0.2, 0) is 10.0 Å². The molecule has 0 heterocycles. The Kier molecular flexibility index (Phi) is 7.20. The Morgan fingerprint density at radius 3 is 2.31 bits per heavy atom. The monoisotopic (exact) mass is 452 g/mol. The molecule has 0 bridgehead atoms. The molecule has 0 aromatic heterocycles. The van der Waals surface area contributed by atoms with E-state index in [9.17, 15) is 13.2 Å². The number of rotatable bonds is 8. The van der Waals surface area contributed by atoms with E-state index in [1.807, 2.05) is 39.0 Å². The first-order valence-electron chi connectivity index (χ1n) is 10.4. The van der Waals surface area contributed by atoms with Gasteiger partial charge in [-0.2, -0.15) is 0 Å². The van der Waals surface area contributed by atoms with Crippen LogP contribution in [-0.4, -0.2) is 21.4 Å². The molecule has 7 heteroatoms. The molecule has 32 heavy (non-hydrogen) atoms. The molecule has 1 unspecified atom stereocenters. The highest BCUT2D eigenvalue weighted by molar-refractivity contribution is 7.92. The van der Waals surface area contributed by atoms with Crippen LogP contribution in [0.25, 0.3) is 0 Å². The highest BCUT2D eigenvalue weighted by atomic mass is 32.2. The summed E-state index contributed by atoms with van der Waals surface area (Å²) >= 11 is 0. The number of ether oxygens (including phenoxy) is 1. The Labute approximate surface area is 189 Å². The van der Waals surface area contributed by atoms with Crippen LogP contribution < -0.4 is 14.8 Å².